The molecule has 3 heterocycles. The average molecular weight is 312 g/mol. The highest BCUT2D eigenvalue weighted by atomic mass is 32.1. The molecule has 22 heavy (non-hydrogen) atoms. The Hall–Kier alpha value is -2.43. The molecule has 0 saturated carbocycles. The number of ether oxygens (including phenoxy) is 1. The van der Waals surface area contributed by atoms with Gasteiger partial charge in [-0.3, -0.25) is 4.79 Å². The Morgan fingerprint density at radius 2 is 2.05 bits per heavy atom. The summed E-state index contributed by atoms with van der Waals surface area (Å²) in [4.78, 5) is 19.9. The number of benzene rings is 1. The van der Waals surface area contributed by atoms with E-state index in [2.05, 4.69) is 4.98 Å². The van der Waals surface area contributed by atoms with Crippen LogP contribution in [0.3, 0.4) is 0 Å². The van der Waals surface area contributed by atoms with Crippen molar-refractivity contribution in [2.24, 2.45) is 0 Å². The molecule has 1 aliphatic heterocycles. The molecule has 0 amide bonds. The molecule has 0 bridgehead atoms. The molecule has 2 aromatic heterocycles. The second kappa shape index (κ2) is 5.09. The van der Waals surface area contributed by atoms with Crippen molar-refractivity contribution in [3.63, 3.8) is 0 Å². The molecular weight excluding hydrogens is 300 g/mol. The van der Waals surface area contributed by atoms with Gasteiger partial charge in [0.15, 0.2) is 16.3 Å². The first kappa shape index (κ1) is 13.2. The predicted octanol–water partition coefficient (Wildman–Crippen LogP) is 1.62. The van der Waals surface area contributed by atoms with Crippen molar-refractivity contribution in [2.45, 2.75) is 0 Å². The predicted molar refractivity (Wildman–Crippen MR) is 84.6 cm³/mol. The lowest BCUT2D eigenvalue weighted by Crippen LogP contribution is -2.38. The van der Waals surface area contributed by atoms with Crippen LogP contribution in [-0.4, -0.2) is 35.7 Å². The second-order valence-electron chi connectivity index (χ2n) is 5.01. The molecule has 0 unspecified atom stereocenters. The van der Waals surface area contributed by atoms with E-state index in [-0.39, 0.29) is 11.1 Å². The fourth-order valence-corrected chi connectivity index (χ4v) is 3.71. The number of nitrogens with zero attached hydrogens (tertiary/aromatic N) is 4. The Balaban J connectivity index is 2.04. The van der Waals surface area contributed by atoms with Crippen molar-refractivity contribution < 1.29 is 4.74 Å². The Bertz CT molecular complexity index is 963. The van der Waals surface area contributed by atoms with Crippen LogP contribution in [0.15, 0.2) is 29.1 Å². The van der Waals surface area contributed by atoms with Gasteiger partial charge in [0, 0.05) is 13.1 Å². The van der Waals surface area contributed by atoms with E-state index in [0.717, 1.165) is 10.2 Å². The van der Waals surface area contributed by atoms with Gasteiger partial charge >= 0.3 is 0 Å². The normalized spacial score (nSPS) is 15.3. The van der Waals surface area contributed by atoms with E-state index in [9.17, 15) is 10.1 Å². The summed E-state index contributed by atoms with van der Waals surface area (Å²) >= 11 is 1.46. The Morgan fingerprint density at radius 3 is 2.82 bits per heavy atom. The lowest BCUT2D eigenvalue weighted by Gasteiger charge is -2.28. The number of hydrogen-bond acceptors (Lipinski definition) is 6. The Labute approximate surface area is 129 Å². The number of para-hydroxylation sites is 1. The molecule has 0 N–H and O–H groups in total. The summed E-state index contributed by atoms with van der Waals surface area (Å²) in [5.74, 6) is 0.474. The number of morpholine rings is 1. The standard InChI is InChI=1S/C15H12N4O2S/c16-9-10-13(18-5-7-21-8-6-18)17-15-19(14(10)20)11-3-1-2-4-12(11)22-15/h1-4H,5-8H2. The third-order valence-corrected chi connectivity index (χ3v) is 4.78. The summed E-state index contributed by atoms with van der Waals surface area (Å²) in [6.45, 7) is 2.45. The van der Waals surface area contributed by atoms with Gasteiger partial charge in [-0.15, -0.1) is 0 Å². The molecule has 6 nitrogen and oxygen atoms in total. The number of hydrogen-bond donors (Lipinski definition) is 0. The molecule has 0 atom stereocenters. The van der Waals surface area contributed by atoms with E-state index in [4.69, 9.17) is 4.74 Å². The summed E-state index contributed by atoms with van der Waals surface area (Å²) in [5, 5.41) is 9.44. The summed E-state index contributed by atoms with van der Waals surface area (Å²) in [6, 6.07) is 9.66. The van der Waals surface area contributed by atoms with Gasteiger partial charge in [0.25, 0.3) is 5.56 Å². The first-order valence-electron chi connectivity index (χ1n) is 6.96. The first-order chi connectivity index (χ1) is 10.8. The zero-order chi connectivity index (χ0) is 15.1. The van der Waals surface area contributed by atoms with Crippen LogP contribution in [0.25, 0.3) is 15.2 Å². The van der Waals surface area contributed by atoms with E-state index in [1.807, 2.05) is 35.2 Å². The Kier molecular flexibility index (Phi) is 3.06. The van der Waals surface area contributed by atoms with Gasteiger partial charge in [0.05, 0.1) is 23.4 Å². The topological polar surface area (TPSA) is 70.6 Å². The third-order valence-electron chi connectivity index (χ3n) is 3.76. The molecule has 1 aromatic carbocycles. The SMILES string of the molecule is N#Cc1c(N2CCOCC2)nc2sc3ccccc3n2c1=O. The summed E-state index contributed by atoms with van der Waals surface area (Å²) < 4.78 is 7.84. The lowest BCUT2D eigenvalue weighted by atomic mass is 10.2. The fraction of sp³-hybridized carbons (Fsp3) is 0.267. The van der Waals surface area contributed by atoms with Crippen molar-refractivity contribution >= 4 is 32.3 Å². The van der Waals surface area contributed by atoms with Crippen LogP contribution in [0.1, 0.15) is 5.56 Å². The van der Waals surface area contributed by atoms with E-state index in [0.29, 0.717) is 37.1 Å². The maximum absolute atomic E-state index is 12.7. The van der Waals surface area contributed by atoms with Gasteiger partial charge in [-0.25, -0.2) is 9.38 Å². The summed E-state index contributed by atoms with van der Waals surface area (Å²) in [5.41, 5.74) is 0.597. The van der Waals surface area contributed by atoms with Gasteiger partial charge in [-0.05, 0) is 12.1 Å². The maximum Gasteiger partial charge on any atom is 0.279 e. The highest BCUT2D eigenvalue weighted by Crippen LogP contribution is 2.26. The van der Waals surface area contributed by atoms with Crippen molar-refractivity contribution in [3.05, 3.63) is 40.2 Å². The molecule has 4 rings (SSSR count). The van der Waals surface area contributed by atoms with Gasteiger partial charge in [0.1, 0.15) is 6.07 Å². The highest BCUT2D eigenvalue weighted by molar-refractivity contribution is 7.23. The van der Waals surface area contributed by atoms with Crippen molar-refractivity contribution in [1.29, 1.82) is 5.26 Å². The van der Waals surface area contributed by atoms with Crippen LogP contribution in [0.2, 0.25) is 0 Å². The number of fused-ring (bicyclic) bond motifs is 3. The molecular formula is C15H12N4O2S. The molecule has 3 aromatic rings. The van der Waals surface area contributed by atoms with Crippen LogP contribution in [0, 0.1) is 11.3 Å². The summed E-state index contributed by atoms with van der Waals surface area (Å²) in [7, 11) is 0. The molecule has 110 valence electrons. The number of anilines is 1. The van der Waals surface area contributed by atoms with Crippen LogP contribution < -0.4 is 10.5 Å². The highest BCUT2D eigenvalue weighted by Gasteiger charge is 2.22. The van der Waals surface area contributed by atoms with Crippen LogP contribution in [0.4, 0.5) is 5.82 Å². The molecule has 7 heteroatoms. The van der Waals surface area contributed by atoms with E-state index in [1.165, 1.54) is 15.7 Å². The van der Waals surface area contributed by atoms with E-state index in [1.54, 1.807) is 0 Å². The average Bonchev–Trinajstić information content (AvgIpc) is 2.94. The largest absolute Gasteiger partial charge is 0.378 e. The lowest BCUT2D eigenvalue weighted by molar-refractivity contribution is 0.122. The minimum atomic E-state index is -0.300. The maximum atomic E-state index is 12.7. The first-order valence-corrected chi connectivity index (χ1v) is 7.78. The molecule has 0 radical (unpaired) electrons. The smallest absolute Gasteiger partial charge is 0.279 e. The van der Waals surface area contributed by atoms with E-state index >= 15 is 0 Å². The minimum Gasteiger partial charge on any atom is -0.378 e. The zero-order valence-electron chi connectivity index (χ0n) is 11.7. The van der Waals surface area contributed by atoms with E-state index < -0.39 is 0 Å². The molecule has 1 saturated heterocycles. The van der Waals surface area contributed by atoms with Crippen LogP contribution >= 0.6 is 11.3 Å². The van der Waals surface area contributed by atoms with Gasteiger partial charge in [-0.2, -0.15) is 5.26 Å². The monoisotopic (exact) mass is 312 g/mol. The van der Waals surface area contributed by atoms with Crippen molar-refractivity contribution in [2.75, 3.05) is 31.2 Å². The van der Waals surface area contributed by atoms with Gasteiger partial charge in [-0.1, -0.05) is 23.5 Å². The molecule has 1 fully saturated rings. The zero-order valence-corrected chi connectivity index (χ0v) is 12.5. The van der Waals surface area contributed by atoms with Gasteiger partial charge in [0.2, 0.25) is 0 Å². The number of rotatable bonds is 1. The Morgan fingerprint density at radius 1 is 1.27 bits per heavy atom. The second-order valence-corrected chi connectivity index (χ2v) is 6.02. The molecule has 0 spiro atoms. The third kappa shape index (κ3) is 1.89. The quantitative estimate of drug-likeness (QED) is 0.683. The van der Waals surface area contributed by atoms with Gasteiger partial charge < -0.3 is 9.64 Å². The van der Waals surface area contributed by atoms with Crippen molar-refractivity contribution in [3.8, 4) is 6.07 Å². The van der Waals surface area contributed by atoms with Crippen molar-refractivity contribution in [1.82, 2.24) is 9.38 Å². The number of aromatic nitrogens is 2. The summed E-state index contributed by atoms with van der Waals surface area (Å²) in [6.07, 6.45) is 0. The molecule has 1 aliphatic rings. The minimum absolute atomic E-state index is 0.1000. The molecule has 0 aliphatic carbocycles. The fourth-order valence-electron chi connectivity index (χ4n) is 2.70. The van der Waals surface area contributed by atoms with Crippen LogP contribution in [-0.2, 0) is 4.74 Å². The number of thiazole rings is 1. The van der Waals surface area contributed by atoms with Crippen LogP contribution in [0.5, 0.6) is 0 Å². The number of nitriles is 1.